The van der Waals surface area contributed by atoms with E-state index in [9.17, 15) is 4.79 Å². The summed E-state index contributed by atoms with van der Waals surface area (Å²) in [5, 5.41) is 3.23. The number of hydrogen-bond acceptors (Lipinski definition) is 1. The van der Waals surface area contributed by atoms with E-state index in [4.69, 9.17) is 0 Å². The van der Waals surface area contributed by atoms with Crippen LogP contribution >= 0.6 is 0 Å². The molecule has 0 unspecified atom stereocenters. The maximum absolute atomic E-state index is 12.3. The first-order valence-electron chi connectivity index (χ1n) is 7.73. The summed E-state index contributed by atoms with van der Waals surface area (Å²) in [6.07, 6.45) is 2.08. The Labute approximate surface area is 125 Å². The Morgan fingerprint density at radius 1 is 0.810 bits per heavy atom. The van der Waals surface area contributed by atoms with E-state index in [0.717, 1.165) is 12.8 Å². The van der Waals surface area contributed by atoms with Gasteiger partial charge in [-0.3, -0.25) is 4.79 Å². The van der Waals surface area contributed by atoms with Crippen LogP contribution in [-0.2, 0) is 4.79 Å². The molecular formula is C19H19NO. The van der Waals surface area contributed by atoms with E-state index in [0.29, 0.717) is 17.9 Å². The topological polar surface area (TPSA) is 29.1 Å². The van der Waals surface area contributed by atoms with Crippen molar-refractivity contribution in [1.82, 2.24) is 5.32 Å². The smallest absolute Gasteiger partial charge is 0.223 e. The third-order valence-electron chi connectivity index (χ3n) is 4.70. The van der Waals surface area contributed by atoms with E-state index in [1.807, 2.05) is 12.1 Å². The lowest BCUT2D eigenvalue weighted by Gasteiger charge is -2.05. The van der Waals surface area contributed by atoms with E-state index in [-0.39, 0.29) is 11.8 Å². The number of nitrogens with one attached hydrogen (secondary N) is 1. The Bertz CT molecular complexity index is 637. The molecule has 0 radical (unpaired) electrons. The highest BCUT2D eigenvalue weighted by atomic mass is 16.2. The first-order valence-corrected chi connectivity index (χ1v) is 7.73. The molecular weight excluding hydrogens is 258 g/mol. The number of carbonyl (C=O) groups excluding carboxylic acids is 1. The summed E-state index contributed by atoms with van der Waals surface area (Å²) in [4.78, 5) is 12.3. The van der Waals surface area contributed by atoms with Crippen LogP contribution in [0.25, 0.3) is 0 Å². The van der Waals surface area contributed by atoms with E-state index >= 15 is 0 Å². The molecule has 0 spiro atoms. The Morgan fingerprint density at radius 3 is 2.00 bits per heavy atom. The van der Waals surface area contributed by atoms with E-state index in [2.05, 4.69) is 53.8 Å². The highest BCUT2D eigenvalue weighted by molar-refractivity contribution is 5.83. The van der Waals surface area contributed by atoms with Gasteiger partial charge in [-0.2, -0.15) is 0 Å². The summed E-state index contributed by atoms with van der Waals surface area (Å²) in [7, 11) is 0. The van der Waals surface area contributed by atoms with Crippen molar-refractivity contribution in [3.05, 3.63) is 71.8 Å². The molecule has 2 aliphatic carbocycles. The standard InChI is InChI=1S/C19H19NO/c21-19(17-11-15(17)13-7-3-1-4-8-13)20-18-12-16(18)14-9-5-2-6-10-14/h1-10,15-18H,11-12H2,(H,20,21)/t15-,16+,17-,18-/m1/s1. The molecule has 4 atom stereocenters. The van der Waals surface area contributed by atoms with Gasteiger partial charge in [0.1, 0.15) is 0 Å². The second-order valence-electron chi connectivity index (χ2n) is 6.23. The summed E-state index contributed by atoms with van der Waals surface area (Å²) in [6, 6.07) is 21.2. The summed E-state index contributed by atoms with van der Waals surface area (Å²) >= 11 is 0. The minimum atomic E-state index is 0.185. The Kier molecular flexibility index (Phi) is 3.03. The molecule has 0 aliphatic heterocycles. The molecule has 2 aromatic carbocycles. The van der Waals surface area contributed by atoms with Crippen molar-refractivity contribution in [3.63, 3.8) is 0 Å². The lowest BCUT2D eigenvalue weighted by atomic mass is 10.1. The first kappa shape index (κ1) is 12.6. The third-order valence-corrected chi connectivity index (χ3v) is 4.70. The fourth-order valence-corrected chi connectivity index (χ4v) is 3.27. The largest absolute Gasteiger partial charge is 0.352 e. The van der Waals surface area contributed by atoms with Gasteiger partial charge in [-0.15, -0.1) is 0 Å². The van der Waals surface area contributed by atoms with Crippen molar-refractivity contribution in [2.45, 2.75) is 30.7 Å². The predicted molar refractivity (Wildman–Crippen MR) is 83.0 cm³/mol. The quantitative estimate of drug-likeness (QED) is 0.911. The van der Waals surface area contributed by atoms with Gasteiger partial charge in [-0.25, -0.2) is 0 Å². The SMILES string of the molecule is O=C(N[C@@H]1C[C@H]1c1ccccc1)[C@@H]1C[C@@H]1c1ccccc1. The number of benzene rings is 2. The van der Waals surface area contributed by atoms with Gasteiger partial charge in [0.05, 0.1) is 0 Å². The van der Waals surface area contributed by atoms with Crippen molar-refractivity contribution >= 4 is 5.91 Å². The van der Waals surface area contributed by atoms with Gasteiger partial charge in [0.2, 0.25) is 5.91 Å². The third kappa shape index (κ3) is 2.58. The van der Waals surface area contributed by atoms with Gasteiger partial charge >= 0.3 is 0 Å². The number of carbonyl (C=O) groups is 1. The number of amides is 1. The molecule has 2 saturated carbocycles. The summed E-state index contributed by atoms with van der Waals surface area (Å²) in [5.41, 5.74) is 2.64. The van der Waals surface area contributed by atoms with Crippen LogP contribution in [0.5, 0.6) is 0 Å². The highest BCUT2D eigenvalue weighted by Crippen LogP contribution is 2.48. The van der Waals surface area contributed by atoms with Crippen LogP contribution < -0.4 is 5.32 Å². The molecule has 2 aromatic rings. The van der Waals surface area contributed by atoms with Crippen LogP contribution in [0.15, 0.2) is 60.7 Å². The predicted octanol–water partition coefficient (Wildman–Crippen LogP) is 3.46. The Balaban J connectivity index is 1.33. The monoisotopic (exact) mass is 277 g/mol. The molecule has 1 amide bonds. The number of hydrogen-bond donors (Lipinski definition) is 1. The minimum absolute atomic E-state index is 0.185. The molecule has 2 nitrogen and oxygen atoms in total. The van der Waals surface area contributed by atoms with E-state index < -0.39 is 0 Å². The molecule has 4 rings (SSSR count). The molecule has 0 saturated heterocycles. The molecule has 0 bridgehead atoms. The molecule has 2 aliphatic rings. The normalized spacial score (nSPS) is 29.7. The van der Waals surface area contributed by atoms with Crippen LogP contribution in [0.3, 0.4) is 0 Å². The second kappa shape index (κ2) is 5.03. The van der Waals surface area contributed by atoms with Crippen LogP contribution in [0.2, 0.25) is 0 Å². The maximum Gasteiger partial charge on any atom is 0.223 e. The Hall–Kier alpha value is -2.09. The maximum atomic E-state index is 12.3. The zero-order valence-electron chi connectivity index (χ0n) is 11.9. The van der Waals surface area contributed by atoms with Gasteiger partial charge < -0.3 is 5.32 Å². The van der Waals surface area contributed by atoms with Crippen LogP contribution in [-0.4, -0.2) is 11.9 Å². The highest BCUT2D eigenvalue weighted by Gasteiger charge is 2.47. The van der Waals surface area contributed by atoms with Crippen molar-refractivity contribution in [2.75, 3.05) is 0 Å². The molecule has 1 N–H and O–H groups in total. The van der Waals surface area contributed by atoms with Crippen molar-refractivity contribution < 1.29 is 4.79 Å². The Morgan fingerprint density at radius 2 is 1.38 bits per heavy atom. The van der Waals surface area contributed by atoms with Gasteiger partial charge in [-0.1, -0.05) is 60.7 Å². The summed E-state index contributed by atoms with van der Waals surface area (Å²) < 4.78 is 0. The molecule has 2 fully saturated rings. The van der Waals surface area contributed by atoms with Crippen LogP contribution in [0.4, 0.5) is 0 Å². The fraction of sp³-hybridized carbons (Fsp3) is 0.316. The summed E-state index contributed by atoms with van der Waals surface area (Å²) in [6.45, 7) is 0. The van der Waals surface area contributed by atoms with E-state index in [1.54, 1.807) is 0 Å². The minimum Gasteiger partial charge on any atom is -0.352 e. The van der Waals surface area contributed by atoms with Gasteiger partial charge in [0.25, 0.3) is 0 Å². The van der Waals surface area contributed by atoms with Crippen LogP contribution in [0, 0.1) is 5.92 Å². The summed E-state index contributed by atoms with van der Waals surface area (Å²) in [5.74, 6) is 1.38. The zero-order valence-corrected chi connectivity index (χ0v) is 11.9. The lowest BCUT2D eigenvalue weighted by Crippen LogP contribution is -2.28. The molecule has 106 valence electrons. The average Bonchev–Trinajstić information content (AvgIpc) is 3.43. The van der Waals surface area contributed by atoms with Gasteiger partial charge in [0, 0.05) is 17.9 Å². The van der Waals surface area contributed by atoms with Gasteiger partial charge in [0.15, 0.2) is 0 Å². The fourth-order valence-electron chi connectivity index (χ4n) is 3.27. The van der Waals surface area contributed by atoms with Crippen molar-refractivity contribution in [1.29, 1.82) is 0 Å². The zero-order chi connectivity index (χ0) is 14.2. The van der Waals surface area contributed by atoms with Crippen LogP contribution in [0.1, 0.15) is 35.8 Å². The molecule has 0 heterocycles. The number of rotatable bonds is 4. The van der Waals surface area contributed by atoms with Crippen molar-refractivity contribution in [3.8, 4) is 0 Å². The average molecular weight is 277 g/mol. The molecule has 2 heteroatoms. The molecule has 0 aromatic heterocycles. The van der Waals surface area contributed by atoms with Crippen molar-refractivity contribution in [2.24, 2.45) is 5.92 Å². The molecule has 21 heavy (non-hydrogen) atoms. The lowest BCUT2D eigenvalue weighted by molar-refractivity contribution is -0.122. The van der Waals surface area contributed by atoms with Gasteiger partial charge in [-0.05, 0) is 29.9 Å². The first-order chi connectivity index (χ1) is 10.3. The van der Waals surface area contributed by atoms with E-state index in [1.165, 1.54) is 11.1 Å². The second-order valence-corrected chi connectivity index (χ2v) is 6.23.